The molecular formula is C22H33N5O2S. The molecule has 0 saturated carbocycles. The highest BCUT2D eigenvalue weighted by Gasteiger charge is 2.16. The Bertz CT molecular complexity index is 853. The normalized spacial score (nSPS) is 11.9. The molecule has 1 amide bonds. The number of nitrogens with one attached hydrogen (secondary N) is 3. The van der Waals surface area contributed by atoms with E-state index in [1.807, 2.05) is 52.0 Å². The topological polar surface area (TPSA) is 87.6 Å². The van der Waals surface area contributed by atoms with Crippen molar-refractivity contribution in [1.82, 2.24) is 15.6 Å². The third-order valence-corrected chi connectivity index (χ3v) is 5.31. The Hall–Kier alpha value is -2.61. The van der Waals surface area contributed by atoms with Gasteiger partial charge in [0, 0.05) is 37.1 Å². The van der Waals surface area contributed by atoms with Gasteiger partial charge in [-0.2, -0.15) is 0 Å². The molecule has 0 aliphatic carbocycles. The highest BCUT2D eigenvalue weighted by atomic mass is 32.1. The fraction of sp³-hybridized carbons (Fsp3) is 0.500. The van der Waals surface area contributed by atoms with Crippen molar-refractivity contribution >= 4 is 29.1 Å². The summed E-state index contributed by atoms with van der Waals surface area (Å²) < 4.78 is 5.26. The molecular weight excluding hydrogens is 398 g/mol. The number of hydrogen-bond acceptors (Lipinski definition) is 5. The third kappa shape index (κ3) is 8.41. The second kappa shape index (κ2) is 11.0. The van der Waals surface area contributed by atoms with Gasteiger partial charge in [-0.05, 0) is 58.7 Å². The quantitative estimate of drug-likeness (QED) is 0.455. The summed E-state index contributed by atoms with van der Waals surface area (Å²) in [6.07, 6.45) is 1.33. The van der Waals surface area contributed by atoms with Gasteiger partial charge in [-0.1, -0.05) is 12.1 Å². The van der Waals surface area contributed by atoms with Gasteiger partial charge in [-0.15, -0.1) is 11.3 Å². The first-order valence-corrected chi connectivity index (χ1v) is 10.9. The molecule has 0 unspecified atom stereocenters. The first-order valence-electron chi connectivity index (χ1n) is 10.1. The number of anilines is 1. The molecule has 8 heteroatoms. The van der Waals surface area contributed by atoms with Crippen LogP contribution < -0.4 is 16.0 Å². The summed E-state index contributed by atoms with van der Waals surface area (Å²) in [5.74, 6) is 0.789. The first-order chi connectivity index (χ1) is 14.2. The average molecular weight is 432 g/mol. The molecule has 0 aliphatic rings. The summed E-state index contributed by atoms with van der Waals surface area (Å²) in [6, 6.07) is 7.76. The number of hydrogen-bond donors (Lipinski definition) is 3. The Kier molecular flexibility index (Phi) is 8.65. The monoisotopic (exact) mass is 431 g/mol. The summed E-state index contributed by atoms with van der Waals surface area (Å²) in [5, 5.41) is 10.5. The van der Waals surface area contributed by atoms with Crippen LogP contribution in [0.15, 0.2) is 29.3 Å². The zero-order valence-electron chi connectivity index (χ0n) is 18.8. The van der Waals surface area contributed by atoms with E-state index in [1.54, 1.807) is 18.4 Å². The van der Waals surface area contributed by atoms with Crippen LogP contribution in [0.3, 0.4) is 0 Å². The van der Waals surface area contributed by atoms with Gasteiger partial charge in [0.2, 0.25) is 0 Å². The van der Waals surface area contributed by atoms with E-state index in [0.29, 0.717) is 5.69 Å². The van der Waals surface area contributed by atoms with Crippen molar-refractivity contribution in [2.24, 2.45) is 4.99 Å². The maximum Gasteiger partial charge on any atom is 0.412 e. The number of benzene rings is 1. The molecule has 164 valence electrons. The maximum absolute atomic E-state index is 11.8. The molecule has 1 aromatic carbocycles. The van der Waals surface area contributed by atoms with E-state index in [2.05, 4.69) is 32.9 Å². The molecule has 7 nitrogen and oxygen atoms in total. The summed E-state index contributed by atoms with van der Waals surface area (Å²) in [4.78, 5) is 21.9. The van der Waals surface area contributed by atoms with Gasteiger partial charge in [0.25, 0.3) is 0 Å². The largest absolute Gasteiger partial charge is 0.444 e. The van der Waals surface area contributed by atoms with Gasteiger partial charge in [-0.3, -0.25) is 10.3 Å². The fourth-order valence-corrected chi connectivity index (χ4v) is 3.76. The number of carbonyl (C=O) groups excluding carboxylic acids is 1. The number of guanidine groups is 1. The molecule has 0 saturated heterocycles. The smallest absolute Gasteiger partial charge is 0.412 e. The van der Waals surface area contributed by atoms with Crippen LogP contribution >= 0.6 is 11.3 Å². The van der Waals surface area contributed by atoms with E-state index in [0.717, 1.165) is 42.6 Å². The Balaban J connectivity index is 1.71. The van der Waals surface area contributed by atoms with Gasteiger partial charge >= 0.3 is 6.09 Å². The summed E-state index contributed by atoms with van der Waals surface area (Å²) in [7, 11) is 1.77. The number of rotatable bonds is 7. The molecule has 1 heterocycles. The molecule has 1 aromatic heterocycles. The lowest BCUT2D eigenvalue weighted by Gasteiger charge is -2.19. The maximum atomic E-state index is 11.8. The number of amides is 1. The molecule has 30 heavy (non-hydrogen) atoms. The second-order valence-corrected chi connectivity index (χ2v) is 9.28. The van der Waals surface area contributed by atoms with Crippen LogP contribution in [0.25, 0.3) is 0 Å². The van der Waals surface area contributed by atoms with E-state index in [1.165, 1.54) is 10.4 Å². The second-order valence-electron chi connectivity index (χ2n) is 7.99. The standard InChI is InChI=1S/C22H33N5O2S/c1-15-19(30-16(2)26-15)12-14-25-20(23-6)24-13-11-17-7-9-18(10-8-17)27-21(28)29-22(3,4)5/h7-10H,11-14H2,1-6H3,(H,27,28)(H2,23,24,25). The van der Waals surface area contributed by atoms with E-state index in [9.17, 15) is 4.79 Å². The van der Waals surface area contributed by atoms with Crippen molar-refractivity contribution in [1.29, 1.82) is 0 Å². The van der Waals surface area contributed by atoms with E-state index < -0.39 is 11.7 Å². The Morgan fingerprint density at radius 3 is 2.27 bits per heavy atom. The molecule has 3 N–H and O–H groups in total. The number of nitrogens with zero attached hydrogens (tertiary/aromatic N) is 2. The molecule has 0 fully saturated rings. The van der Waals surface area contributed by atoms with Crippen molar-refractivity contribution in [2.75, 3.05) is 25.5 Å². The van der Waals surface area contributed by atoms with E-state index >= 15 is 0 Å². The van der Waals surface area contributed by atoms with Crippen LogP contribution in [0.5, 0.6) is 0 Å². The van der Waals surface area contributed by atoms with Crippen molar-refractivity contribution in [3.05, 3.63) is 45.4 Å². The molecule has 0 radical (unpaired) electrons. The van der Waals surface area contributed by atoms with Crippen LogP contribution in [0.1, 0.15) is 41.9 Å². The molecule has 0 bridgehead atoms. The van der Waals surface area contributed by atoms with Gasteiger partial charge in [0.05, 0.1) is 10.7 Å². The van der Waals surface area contributed by atoms with Gasteiger partial charge < -0.3 is 15.4 Å². The highest BCUT2D eigenvalue weighted by molar-refractivity contribution is 7.11. The predicted octanol–water partition coefficient (Wildman–Crippen LogP) is 4.06. The van der Waals surface area contributed by atoms with Crippen LogP contribution in [0.2, 0.25) is 0 Å². The first kappa shape index (κ1) is 23.7. The van der Waals surface area contributed by atoms with Crippen molar-refractivity contribution in [2.45, 2.75) is 53.1 Å². The van der Waals surface area contributed by atoms with Crippen molar-refractivity contribution < 1.29 is 9.53 Å². The number of thiazole rings is 1. The lowest BCUT2D eigenvalue weighted by Crippen LogP contribution is -2.39. The SMILES string of the molecule is CN=C(NCCc1ccc(NC(=O)OC(C)(C)C)cc1)NCCc1sc(C)nc1C. The molecule has 0 spiro atoms. The minimum atomic E-state index is -0.513. The van der Waals surface area contributed by atoms with Crippen LogP contribution in [0, 0.1) is 13.8 Å². The molecule has 2 aromatic rings. The van der Waals surface area contributed by atoms with Crippen LogP contribution in [-0.4, -0.2) is 42.8 Å². The average Bonchev–Trinajstić information content (AvgIpc) is 2.97. The Labute approximate surface area is 183 Å². The lowest BCUT2D eigenvalue weighted by molar-refractivity contribution is 0.0636. The summed E-state index contributed by atoms with van der Waals surface area (Å²) in [5.41, 5.74) is 2.49. The third-order valence-electron chi connectivity index (χ3n) is 4.17. The highest BCUT2D eigenvalue weighted by Crippen LogP contribution is 2.17. The lowest BCUT2D eigenvalue weighted by atomic mass is 10.1. The minimum absolute atomic E-state index is 0.449. The zero-order valence-corrected chi connectivity index (χ0v) is 19.6. The van der Waals surface area contributed by atoms with Gasteiger partial charge in [0.1, 0.15) is 5.60 Å². The number of aromatic nitrogens is 1. The van der Waals surface area contributed by atoms with Gasteiger partial charge in [-0.25, -0.2) is 9.78 Å². The fourth-order valence-electron chi connectivity index (χ4n) is 2.82. The number of aryl methyl sites for hydroxylation is 2. The van der Waals surface area contributed by atoms with E-state index in [4.69, 9.17) is 4.74 Å². The molecule has 0 aliphatic heterocycles. The number of aliphatic imine (C=N–C) groups is 1. The van der Waals surface area contributed by atoms with Crippen LogP contribution in [-0.2, 0) is 17.6 Å². The van der Waals surface area contributed by atoms with E-state index in [-0.39, 0.29) is 0 Å². The molecule has 0 atom stereocenters. The van der Waals surface area contributed by atoms with Crippen molar-refractivity contribution in [3.8, 4) is 0 Å². The van der Waals surface area contributed by atoms with Crippen LogP contribution in [0.4, 0.5) is 10.5 Å². The number of carbonyl (C=O) groups is 1. The number of ether oxygens (including phenoxy) is 1. The minimum Gasteiger partial charge on any atom is -0.444 e. The Morgan fingerprint density at radius 2 is 1.73 bits per heavy atom. The van der Waals surface area contributed by atoms with Gasteiger partial charge in [0.15, 0.2) is 5.96 Å². The Morgan fingerprint density at radius 1 is 1.10 bits per heavy atom. The predicted molar refractivity (Wildman–Crippen MR) is 125 cm³/mol. The molecule has 2 rings (SSSR count). The zero-order chi connectivity index (χ0) is 22.1. The summed E-state index contributed by atoms with van der Waals surface area (Å²) in [6.45, 7) is 11.2. The van der Waals surface area contributed by atoms with Crippen molar-refractivity contribution in [3.63, 3.8) is 0 Å². The summed E-state index contributed by atoms with van der Waals surface area (Å²) >= 11 is 1.75.